The first-order valence-corrected chi connectivity index (χ1v) is 12.8. The number of carbonyl (C=O) groups is 3. The molecule has 0 aromatic heterocycles. The number of nitrogens with zero attached hydrogens (tertiary/aromatic N) is 1. The molecular weight excluding hydrogens is 466 g/mol. The van der Waals surface area contributed by atoms with E-state index in [9.17, 15) is 14.4 Å². The molecule has 0 saturated carbocycles. The number of hydrogen-bond donors (Lipinski definition) is 2. The zero-order valence-corrected chi connectivity index (χ0v) is 21.7. The zero-order chi connectivity index (χ0) is 26.8. The third kappa shape index (κ3) is 8.07. The molecule has 2 aromatic carbocycles. The van der Waals surface area contributed by atoms with Gasteiger partial charge in [0, 0.05) is 18.7 Å². The van der Waals surface area contributed by atoms with Gasteiger partial charge in [0.15, 0.2) is 0 Å². The smallest absolute Gasteiger partial charge is 0.248 e. The molecule has 7 nitrogen and oxygen atoms in total. The average molecular weight is 504 g/mol. The van der Waals surface area contributed by atoms with Gasteiger partial charge >= 0.3 is 0 Å². The quantitative estimate of drug-likeness (QED) is 0.342. The average Bonchev–Trinajstić information content (AvgIpc) is 3.03. The van der Waals surface area contributed by atoms with Gasteiger partial charge < -0.3 is 20.7 Å². The van der Waals surface area contributed by atoms with Gasteiger partial charge in [-0.3, -0.25) is 14.4 Å². The van der Waals surface area contributed by atoms with E-state index in [1.165, 1.54) is 0 Å². The number of amides is 3. The molecule has 1 aliphatic rings. The van der Waals surface area contributed by atoms with E-state index in [4.69, 9.17) is 10.5 Å². The Bertz CT molecular complexity index is 1130. The number of para-hydroxylation sites is 1. The highest BCUT2D eigenvalue weighted by atomic mass is 16.5. The third-order valence-electron chi connectivity index (χ3n) is 6.23. The normalized spacial score (nSPS) is 17.2. The van der Waals surface area contributed by atoms with Gasteiger partial charge in [0.25, 0.3) is 0 Å². The molecule has 1 aliphatic heterocycles. The number of rotatable bonds is 11. The molecule has 0 bridgehead atoms. The molecule has 0 spiro atoms. The molecular formula is C30H37N3O4. The zero-order valence-electron chi connectivity index (χ0n) is 21.7. The van der Waals surface area contributed by atoms with Gasteiger partial charge in [-0.25, -0.2) is 0 Å². The lowest BCUT2D eigenvalue weighted by atomic mass is 9.91. The fourth-order valence-electron chi connectivity index (χ4n) is 4.46. The summed E-state index contributed by atoms with van der Waals surface area (Å²) in [7, 11) is 0. The summed E-state index contributed by atoms with van der Waals surface area (Å²) in [4.78, 5) is 40.7. The van der Waals surface area contributed by atoms with Crippen LogP contribution in [-0.2, 0) is 20.9 Å². The van der Waals surface area contributed by atoms with E-state index in [0.29, 0.717) is 25.3 Å². The first-order chi connectivity index (χ1) is 17.8. The number of hydrogen-bond acceptors (Lipinski definition) is 4. The molecule has 1 saturated heterocycles. The summed E-state index contributed by atoms with van der Waals surface area (Å²) in [6.45, 7) is 8.55. The Morgan fingerprint density at radius 2 is 1.86 bits per heavy atom. The van der Waals surface area contributed by atoms with E-state index >= 15 is 0 Å². The van der Waals surface area contributed by atoms with Crippen molar-refractivity contribution >= 4 is 17.7 Å². The Labute approximate surface area is 219 Å². The predicted molar refractivity (Wildman–Crippen MR) is 145 cm³/mol. The van der Waals surface area contributed by atoms with E-state index in [-0.39, 0.29) is 23.8 Å². The highest BCUT2D eigenvalue weighted by molar-refractivity contribution is 6.01. The van der Waals surface area contributed by atoms with Gasteiger partial charge in [-0.2, -0.15) is 0 Å². The Hall–Kier alpha value is -3.87. The van der Waals surface area contributed by atoms with Crippen LogP contribution in [0.5, 0.6) is 11.5 Å². The standard InChI is InChI=1S/C30H37N3O4/c1-4-11-25(28(31)34)26(18-21(2)3)29(35)32-27-16-8-9-17-33(30(27)36)20-22-12-10-15-24(19-22)37-23-13-6-5-7-14-23/h4-7,10,12-15,18-19,21,25,27H,1,8-9,11,16-17,20H2,2-3H3,(H2,31,34)(H,32,35)/b26-18-/t25-,27-/m0/s1. The van der Waals surface area contributed by atoms with E-state index in [1.54, 1.807) is 17.1 Å². The summed E-state index contributed by atoms with van der Waals surface area (Å²) in [6.07, 6.45) is 5.76. The van der Waals surface area contributed by atoms with Crippen LogP contribution in [0.15, 0.2) is 78.9 Å². The highest BCUT2D eigenvalue weighted by Crippen LogP contribution is 2.24. The van der Waals surface area contributed by atoms with E-state index < -0.39 is 23.8 Å². The largest absolute Gasteiger partial charge is 0.457 e. The fourth-order valence-corrected chi connectivity index (χ4v) is 4.46. The number of ether oxygens (including phenoxy) is 1. The maximum Gasteiger partial charge on any atom is 0.248 e. The van der Waals surface area contributed by atoms with Crippen molar-refractivity contribution < 1.29 is 19.1 Å². The highest BCUT2D eigenvalue weighted by Gasteiger charge is 2.32. The molecule has 7 heteroatoms. The molecule has 3 N–H and O–H groups in total. The van der Waals surface area contributed by atoms with Crippen molar-refractivity contribution in [1.82, 2.24) is 10.2 Å². The lowest BCUT2D eigenvalue weighted by Gasteiger charge is -2.26. The first kappa shape index (κ1) is 27.7. The second-order valence-electron chi connectivity index (χ2n) is 9.69. The van der Waals surface area contributed by atoms with Gasteiger partial charge in [-0.1, -0.05) is 56.3 Å². The monoisotopic (exact) mass is 503 g/mol. The Kier molecular flexibility index (Phi) is 10.1. The number of carbonyl (C=O) groups excluding carboxylic acids is 3. The summed E-state index contributed by atoms with van der Waals surface area (Å²) in [6, 6.07) is 16.5. The lowest BCUT2D eigenvalue weighted by Crippen LogP contribution is -2.48. The molecule has 196 valence electrons. The minimum Gasteiger partial charge on any atom is -0.457 e. The Balaban J connectivity index is 1.74. The van der Waals surface area contributed by atoms with Crippen molar-refractivity contribution in [1.29, 1.82) is 0 Å². The minimum absolute atomic E-state index is 0.0270. The molecule has 37 heavy (non-hydrogen) atoms. The predicted octanol–water partition coefficient (Wildman–Crippen LogP) is 4.74. The lowest BCUT2D eigenvalue weighted by molar-refractivity contribution is -0.136. The van der Waals surface area contributed by atoms with Crippen molar-refractivity contribution in [2.75, 3.05) is 6.54 Å². The van der Waals surface area contributed by atoms with E-state index in [1.807, 2.05) is 68.4 Å². The molecule has 0 radical (unpaired) electrons. The summed E-state index contributed by atoms with van der Waals surface area (Å²) < 4.78 is 5.94. The van der Waals surface area contributed by atoms with Crippen molar-refractivity contribution in [3.63, 3.8) is 0 Å². The Morgan fingerprint density at radius 1 is 1.14 bits per heavy atom. The number of nitrogens with one attached hydrogen (secondary N) is 1. The molecule has 1 heterocycles. The maximum atomic E-state index is 13.5. The Morgan fingerprint density at radius 3 is 2.54 bits per heavy atom. The molecule has 2 aromatic rings. The van der Waals surface area contributed by atoms with Gasteiger partial charge in [0.05, 0.1) is 5.92 Å². The summed E-state index contributed by atoms with van der Waals surface area (Å²) in [5, 5.41) is 2.90. The van der Waals surface area contributed by atoms with Gasteiger partial charge in [0.2, 0.25) is 17.7 Å². The van der Waals surface area contributed by atoms with Gasteiger partial charge in [-0.15, -0.1) is 6.58 Å². The molecule has 1 fully saturated rings. The van der Waals surface area contributed by atoms with Crippen molar-refractivity contribution in [3.8, 4) is 11.5 Å². The van der Waals surface area contributed by atoms with Crippen molar-refractivity contribution in [3.05, 3.63) is 84.5 Å². The third-order valence-corrected chi connectivity index (χ3v) is 6.23. The number of nitrogens with two attached hydrogens (primary N) is 1. The van der Waals surface area contributed by atoms with Crippen LogP contribution >= 0.6 is 0 Å². The van der Waals surface area contributed by atoms with Crippen LogP contribution in [0.3, 0.4) is 0 Å². The number of benzene rings is 2. The molecule has 0 aliphatic carbocycles. The van der Waals surface area contributed by atoms with E-state index in [0.717, 1.165) is 24.2 Å². The summed E-state index contributed by atoms with van der Waals surface area (Å²) >= 11 is 0. The molecule has 2 atom stereocenters. The SMILES string of the molecule is C=CC[C@H](C(N)=O)/C(=C/C(C)C)C(=O)N[C@H]1CCCCN(Cc2cccc(Oc3ccccc3)c2)C1=O. The second kappa shape index (κ2) is 13.4. The first-order valence-electron chi connectivity index (χ1n) is 12.8. The number of likely N-dealkylation sites (tertiary alicyclic amines) is 1. The molecule has 3 rings (SSSR count). The van der Waals surface area contributed by atoms with Crippen molar-refractivity contribution in [2.45, 2.75) is 52.1 Å². The van der Waals surface area contributed by atoms with Crippen LogP contribution in [-0.4, -0.2) is 35.2 Å². The van der Waals surface area contributed by atoms with Crippen LogP contribution in [0, 0.1) is 11.8 Å². The molecule has 0 unspecified atom stereocenters. The second-order valence-corrected chi connectivity index (χ2v) is 9.69. The number of primary amides is 1. The van der Waals surface area contributed by atoms with Crippen LogP contribution in [0.1, 0.15) is 45.1 Å². The van der Waals surface area contributed by atoms with Crippen LogP contribution < -0.4 is 15.8 Å². The fraction of sp³-hybridized carbons (Fsp3) is 0.367. The van der Waals surface area contributed by atoms with Crippen LogP contribution in [0.4, 0.5) is 0 Å². The maximum absolute atomic E-state index is 13.5. The summed E-state index contributed by atoms with van der Waals surface area (Å²) in [5.41, 5.74) is 6.83. The topological polar surface area (TPSA) is 102 Å². The van der Waals surface area contributed by atoms with Gasteiger partial charge in [0.1, 0.15) is 17.5 Å². The van der Waals surface area contributed by atoms with E-state index in [2.05, 4.69) is 11.9 Å². The number of allylic oxidation sites excluding steroid dienone is 2. The molecule has 3 amide bonds. The van der Waals surface area contributed by atoms with Crippen molar-refractivity contribution in [2.24, 2.45) is 17.6 Å². The van der Waals surface area contributed by atoms with Crippen LogP contribution in [0.25, 0.3) is 0 Å². The van der Waals surface area contributed by atoms with Crippen LogP contribution in [0.2, 0.25) is 0 Å². The minimum atomic E-state index is -0.788. The van der Waals surface area contributed by atoms with Gasteiger partial charge in [-0.05, 0) is 61.4 Å². The summed E-state index contributed by atoms with van der Waals surface area (Å²) in [5.74, 6) is -0.485.